The molecule has 0 spiro atoms. The molecule has 2 unspecified atom stereocenters. The van der Waals surface area contributed by atoms with Crippen LogP contribution in [0, 0.1) is 5.92 Å². The Morgan fingerprint density at radius 1 is 1.44 bits per heavy atom. The van der Waals surface area contributed by atoms with Gasteiger partial charge in [-0.3, -0.25) is 0 Å². The van der Waals surface area contributed by atoms with Crippen molar-refractivity contribution in [3.8, 4) is 0 Å². The number of hydrogen-bond acceptors (Lipinski definition) is 0. The first-order chi connectivity index (χ1) is 4.02. The van der Waals surface area contributed by atoms with Crippen molar-refractivity contribution in [1.29, 1.82) is 0 Å². The van der Waals surface area contributed by atoms with Gasteiger partial charge in [0.25, 0.3) is 0 Å². The second-order valence-corrected chi connectivity index (χ2v) is 11.5. The van der Waals surface area contributed by atoms with Gasteiger partial charge in [-0.15, -0.1) is 0 Å². The minimum absolute atomic E-state index is 0.734. The zero-order valence-corrected chi connectivity index (χ0v) is 9.39. The van der Waals surface area contributed by atoms with Crippen LogP contribution in [-0.4, -0.2) is 24.1 Å². The molecule has 0 nitrogen and oxygen atoms in total. The fourth-order valence-corrected chi connectivity index (χ4v) is 6.51. The molecule has 0 bridgehead atoms. The van der Waals surface area contributed by atoms with Crippen LogP contribution in [0.4, 0.5) is 0 Å². The molecule has 9 heavy (non-hydrogen) atoms. The van der Waals surface area contributed by atoms with Crippen molar-refractivity contribution in [3.63, 3.8) is 0 Å². The topological polar surface area (TPSA) is 0 Å². The first-order valence-corrected chi connectivity index (χ1v) is 8.07. The summed E-state index contributed by atoms with van der Waals surface area (Å²) in [5, 5.41) is 0. The summed E-state index contributed by atoms with van der Waals surface area (Å²) in [6.45, 7) is 7.42. The van der Waals surface area contributed by atoms with Gasteiger partial charge >= 0.3 is 66.9 Å². The molecule has 1 rings (SSSR count). The van der Waals surface area contributed by atoms with E-state index in [-0.39, 0.29) is 0 Å². The van der Waals surface area contributed by atoms with E-state index in [9.17, 15) is 0 Å². The first-order valence-electron chi connectivity index (χ1n) is 3.70. The van der Waals surface area contributed by atoms with Crippen molar-refractivity contribution in [2.45, 2.75) is 36.9 Å². The Morgan fingerprint density at radius 2 is 2.00 bits per heavy atom. The van der Waals surface area contributed by atoms with Gasteiger partial charge in [0.2, 0.25) is 0 Å². The fraction of sp³-hybridized carbons (Fsp3) is 1.00. The van der Waals surface area contributed by atoms with Crippen molar-refractivity contribution in [2.24, 2.45) is 5.92 Å². The molecule has 1 heterocycles. The Morgan fingerprint density at radius 3 is 2.11 bits per heavy atom. The second kappa shape index (κ2) is 2.41. The summed E-state index contributed by atoms with van der Waals surface area (Å²) in [5.41, 5.74) is 0. The van der Waals surface area contributed by atoms with Crippen molar-refractivity contribution in [2.75, 3.05) is 0 Å². The molecule has 2 heteroatoms. The molecule has 0 N–H and O–H groups in total. The van der Waals surface area contributed by atoms with Crippen LogP contribution in [0.1, 0.15) is 13.3 Å². The molecule has 0 saturated carbocycles. The Bertz CT molecular complexity index is 111. The van der Waals surface area contributed by atoms with E-state index in [1.54, 1.807) is 6.04 Å². The van der Waals surface area contributed by atoms with Crippen molar-refractivity contribution in [3.05, 3.63) is 0 Å². The number of rotatable bonds is 0. The molecule has 0 aliphatic carbocycles. The molecule has 0 amide bonds. The average Bonchev–Trinajstić information content (AvgIpc) is 1.79. The molecular weight excluding hydrogens is 191 g/mol. The number of hydrogen-bond donors (Lipinski definition) is 0. The molecule has 0 aromatic carbocycles. The van der Waals surface area contributed by atoms with E-state index in [0.717, 1.165) is 10.4 Å². The average molecular weight is 207 g/mol. The van der Waals surface area contributed by atoms with E-state index in [1.807, 2.05) is 0 Å². The molecule has 0 aromatic rings. The minimum atomic E-state index is -0.734. The normalized spacial score (nSPS) is 41.3. The van der Waals surface area contributed by atoms with Crippen LogP contribution in [0.3, 0.4) is 0 Å². The van der Waals surface area contributed by atoms with E-state index < -0.39 is 8.07 Å². The van der Waals surface area contributed by atoms with Gasteiger partial charge in [0.1, 0.15) is 0 Å². The Balaban J connectivity index is 2.58. The molecule has 1 saturated heterocycles. The van der Waals surface area contributed by atoms with Crippen LogP contribution >= 0.6 is 0 Å². The predicted molar refractivity (Wildman–Crippen MR) is 47.0 cm³/mol. The molecular formula is C7H16SeSi. The summed E-state index contributed by atoms with van der Waals surface area (Å²) in [6, 6.07) is 1.55. The van der Waals surface area contributed by atoms with Crippen LogP contribution in [0.25, 0.3) is 0 Å². The molecule has 1 fully saturated rings. The first kappa shape index (κ1) is 7.84. The van der Waals surface area contributed by atoms with E-state index in [2.05, 4.69) is 36.0 Å². The van der Waals surface area contributed by atoms with Crippen LogP contribution in [0.15, 0.2) is 0 Å². The van der Waals surface area contributed by atoms with E-state index in [4.69, 9.17) is 0 Å². The molecule has 2 atom stereocenters. The molecule has 54 valence electrons. The summed E-state index contributed by atoms with van der Waals surface area (Å²) < 4.78 is 1.01. The third-order valence-corrected chi connectivity index (χ3v) is 11.0. The Hall–Kier alpha value is 0.736. The van der Waals surface area contributed by atoms with Gasteiger partial charge in [0.15, 0.2) is 0 Å². The fourth-order valence-electron chi connectivity index (χ4n) is 1.82. The van der Waals surface area contributed by atoms with E-state index in [1.165, 1.54) is 6.42 Å². The van der Waals surface area contributed by atoms with Gasteiger partial charge in [-0.2, -0.15) is 0 Å². The van der Waals surface area contributed by atoms with Crippen molar-refractivity contribution >= 4 is 24.1 Å². The summed E-state index contributed by atoms with van der Waals surface area (Å²) >= 11 is 2.88. The SMILES string of the molecule is CC1CC([SeH])[Si](C)(C)C1. The molecule has 0 aromatic heterocycles. The summed E-state index contributed by atoms with van der Waals surface area (Å²) in [6.07, 6.45) is 1.47. The summed E-state index contributed by atoms with van der Waals surface area (Å²) in [5.74, 6) is 1.01. The molecule has 0 radical (unpaired) electrons. The standard InChI is InChI=1S/C7H16SeSi/c1-6-4-7(8)9(2,3)5-6/h6-8H,4-5H2,1-3H3. The maximum atomic E-state index is 2.88. The summed E-state index contributed by atoms with van der Waals surface area (Å²) in [4.78, 5) is 0. The van der Waals surface area contributed by atoms with Crippen molar-refractivity contribution in [1.82, 2.24) is 0 Å². The summed E-state index contributed by atoms with van der Waals surface area (Å²) in [7, 11) is -0.734. The maximum absolute atomic E-state index is 2.88. The quantitative estimate of drug-likeness (QED) is 0.533. The van der Waals surface area contributed by atoms with Gasteiger partial charge < -0.3 is 0 Å². The zero-order chi connectivity index (χ0) is 7.07. The third kappa shape index (κ3) is 1.60. The van der Waals surface area contributed by atoms with Gasteiger partial charge in [0, 0.05) is 0 Å². The predicted octanol–water partition coefficient (Wildman–Crippen LogP) is 1.96. The van der Waals surface area contributed by atoms with Gasteiger partial charge in [-0.1, -0.05) is 0 Å². The van der Waals surface area contributed by atoms with Crippen LogP contribution in [-0.2, 0) is 0 Å². The van der Waals surface area contributed by atoms with Crippen LogP contribution in [0.2, 0.25) is 23.6 Å². The Labute approximate surface area is 67.2 Å². The Kier molecular flexibility index (Phi) is 2.10. The van der Waals surface area contributed by atoms with E-state index in [0.29, 0.717) is 0 Å². The zero-order valence-electron chi connectivity index (χ0n) is 6.52. The molecule has 1 aliphatic rings. The second-order valence-electron chi connectivity index (χ2n) is 4.05. The van der Waals surface area contributed by atoms with Gasteiger partial charge in [-0.25, -0.2) is 0 Å². The molecule has 1 aliphatic heterocycles. The van der Waals surface area contributed by atoms with Crippen LogP contribution < -0.4 is 0 Å². The van der Waals surface area contributed by atoms with E-state index >= 15 is 0 Å². The van der Waals surface area contributed by atoms with Gasteiger partial charge in [-0.05, 0) is 0 Å². The van der Waals surface area contributed by atoms with Crippen LogP contribution in [0.5, 0.6) is 0 Å². The monoisotopic (exact) mass is 208 g/mol. The third-order valence-electron chi connectivity index (χ3n) is 2.40. The van der Waals surface area contributed by atoms with Gasteiger partial charge in [0.05, 0.1) is 0 Å². The van der Waals surface area contributed by atoms with Crippen molar-refractivity contribution < 1.29 is 0 Å².